The fraction of sp³-hybridized carbons (Fsp3) is 0.0800. The minimum Gasteiger partial charge on any atom is -0.497 e. The van der Waals surface area contributed by atoms with E-state index >= 15 is 0 Å². The molecular formula is C25H19ClFN3O4. The van der Waals surface area contributed by atoms with Crippen LogP contribution in [0.3, 0.4) is 0 Å². The number of nitrogens with one attached hydrogen (secondary N) is 2. The van der Waals surface area contributed by atoms with Crippen molar-refractivity contribution < 1.29 is 23.5 Å². The molecule has 172 valence electrons. The summed E-state index contributed by atoms with van der Waals surface area (Å²) >= 11 is 6.22. The highest BCUT2D eigenvalue weighted by molar-refractivity contribution is 6.53. The van der Waals surface area contributed by atoms with Crippen molar-refractivity contribution in [3.8, 4) is 5.75 Å². The number of carbonyl (C=O) groups is 3. The number of aryl methyl sites for hydroxylation is 1. The number of para-hydroxylation sites is 1. The maximum atomic E-state index is 13.9. The smallest absolute Gasteiger partial charge is 0.283 e. The standard InChI is InChI=1S/C25H19ClFN3O4/c1-14-7-8-15(23(31)29-19-6-4-3-5-18(19)27)13-20(14)28-22-21(26)24(32)30(25(22)33)16-9-11-17(34-2)12-10-16/h3-13,28H,1-2H3,(H,29,31). The molecular weight excluding hydrogens is 461 g/mol. The molecule has 0 saturated heterocycles. The molecule has 1 heterocycles. The number of halogens is 2. The molecule has 3 aromatic rings. The van der Waals surface area contributed by atoms with Crippen LogP contribution in [0.1, 0.15) is 15.9 Å². The third-order valence-electron chi connectivity index (χ3n) is 5.24. The van der Waals surface area contributed by atoms with Gasteiger partial charge in [0.1, 0.15) is 22.3 Å². The second-order valence-corrected chi connectivity index (χ2v) is 7.80. The summed E-state index contributed by atoms with van der Waals surface area (Å²) in [5, 5.41) is 5.12. The molecule has 1 aliphatic heterocycles. The van der Waals surface area contributed by atoms with Crippen molar-refractivity contribution in [1.29, 1.82) is 0 Å². The molecule has 0 atom stereocenters. The third kappa shape index (κ3) is 4.35. The van der Waals surface area contributed by atoms with Gasteiger partial charge in [0.2, 0.25) is 0 Å². The van der Waals surface area contributed by atoms with Gasteiger partial charge in [-0.15, -0.1) is 0 Å². The Morgan fingerprint density at radius 2 is 1.68 bits per heavy atom. The minimum absolute atomic E-state index is 0.0417. The summed E-state index contributed by atoms with van der Waals surface area (Å²) in [4.78, 5) is 39.4. The zero-order valence-electron chi connectivity index (χ0n) is 18.2. The molecule has 4 rings (SSSR count). The molecule has 0 unspecified atom stereocenters. The second kappa shape index (κ2) is 9.36. The Kier molecular flexibility index (Phi) is 6.34. The first-order valence-electron chi connectivity index (χ1n) is 10.2. The van der Waals surface area contributed by atoms with Crippen molar-refractivity contribution in [2.45, 2.75) is 6.92 Å². The summed E-state index contributed by atoms with van der Waals surface area (Å²) in [5.41, 5.74) is 1.57. The van der Waals surface area contributed by atoms with Crippen molar-refractivity contribution in [2.24, 2.45) is 0 Å². The molecule has 0 fully saturated rings. The Bertz CT molecular complexity index is 1340. The summed E-state index contributed by atoms with van der Waals surface area (Å²) in [6.07, 6.45) is 0. The molecule has 34 heavy (non-hydrogen) atoms. The van der Waals surface area contributed by atoms with E-state index in [9.17, 15) is 18.8 Å². The number of anilines is 3. The van der Waals surface area contributed by atoms with Gasteiger partial charge < -0.3 is 15.4 Å². The summed E-state index contributed by atoms with van der Waals surface area (Å²) in [5.74, 6) is -1.85. The lowest BCUT2D eigenvalue weighted by atomic mass is 10.1. The monoisotopic (exact) mass is 479 g/mol. The first-order valence-corrected chi connectivity index (χ1v) is 10.5. The number of nitrogens with zero attached hydrogens (tertiary/aromatic N) is 1. The molecule has 0 bridgehead atoms. The number of hydrogen-bond donors (Lipinski definition) is 2. The lowest BCUT2D eigenvalue weighted by Gasteiger charge is -2.16. The molecule has 3 aromatic carbocycles. The number of carbonyl (C=O) groups excluding carboxylic acids is 3. The van der Waals surface area contributed by atoms with E-state index in [0.29, 0.717) is 22.7 Å². The average Bonchev–Trinajstić information content (AvgIpc) is 3.05. The Morgan fingerprint density at radius 1 is 0.971 bits per heavy atom. The summed E-state index contributed by atoms with van der Waals surface area (Å²) < 4.78 is 19.0. The largest absolute Gasteiger partial charge is 0.497 e. The number of methoxy groups -OCH3 is 1. The second-order valence-electron chi connectivity index (χ2n) is 7.42. The van der Waals surface area contributed by atoms with E-state index in [-0.39, 0.29) is 22.0 Å². The maximum Gasteiger partial charge on any atom is 0.283 e. The fourth-order valence-electron chi connectivity index (χ4n) is 3.37. The van der Waals surface area contributed by atoms with Gasteiger partial charge >= 0.3 is 0 Å². The van der Waals surface area contributed by atoms with Crippen LogP contribution in [0.2, 0.25) is 0 Å². The van der Waals surface area contributed by atoms with Gasteiger partial charge in [-0.05, 0) is 61.0 Å². The predicted molar refractivity (Wildman–Crippen MR) is 128 cm³/mol. The highest BCUT2D eigenvalue weighted by atomic mass is 35.5. The summed E-state index contributed by atoms with van der Waals surface area (Å²) in [6, 6.07) is 16.9. The lowest BCUT2D eigenvalue weighted by molar-refractivity contribution is -0.120. The van der Waals surface area contributed by atoms with Crippen LogP contribution >= 0.6 is 11.6 Å². The highest BCUT2D eigenvalue weighted by Crippen LogP contribution is 2.32. The van der Waals surface area contributed by atoms with E-state index in [4.69, 9.17) is 16.3 Å². The van der Waals surface area contributed by atoms with Crippen LogP contribution in [-0.4, -0.2) is 24.8 Å². The average molecular weight is 480 g/mol. The number of ether oxygens (including phenoxy) is 1. The van der Waals surface area contributed by atoms with E-state index in [1.165, 1.54) is 31.4 Å². The lowest BCUT2D eigenvalue weighted by Crippen LogP contribution is -2.32. The normalized spacial score (nSPS) is 13.4. The number of imide groups is 1. The quantitative estimate of drug-likeness (QED) is 0.494. The molecule has 0 aliphatic carbocycles. The number of hydrogen-bond acceptors (Lipinski definition) is 5. The Labute approximate surface area is 199 Å². The number of amides is 3. The number of benzene rings is 3. The Balaban J connectivity index is 1.58. The van der Waals surface area contributed by atoms with Gasteiger partial charge in [0, 0.05) is 11.3 Å². The van der Waals surface area contributed by atoms with Gasteiger partial charge in [-0.2, -0.15) is 0 Å². The van der Waals surface area contributed by atoms with E-state index < -0.39 is 23.5 Å². The van der Waals surface area contributed by atoms with Gasteiger partial charge in [0.25, 0.3) is 17.7 Å². The zero-order chi connectivity index (χ0) is 24.4. The fourth-order valence-corrected chi connectivity index (χ4v) is 3.58. The van der Waals surface area contributed by atoms with Gasteiger partial charge in [-0.25, -0.2) is 9.29 Å². The summed E-state index contributed by atoms with van der Waals surface area (Å²) in [7, 11) is 1.51. The number of rotatable bonds is 6. The molecule has 1 aliphatic rings. The van der Waals surface area contributed by atoms with Crippen molar-refractivity contribution in [2.75, 3.05) is 22.6 Å². The topological polar surface area (TPSA) is 87.7 Å². The van der Waals surface area contributed by atoms with Crippen LogP contribution in [0.5, 0.6) is 5.75 Å². The van der Waals surface area contributed by atoms with E-state index in [2.05, 4.69) is 10.6 Å². The van der Waals surface area contributed by atoms with Crippen molar-refractivity contribution in [1.82, 2.24) is 0 Å². The maximum absolute atomic E-state index is 13.9. The highest BCUT2D eigenvalue weighted by Gasteiger charge is 2.39. The van der Waals surface area contributed by atoms with Gasteiger partial charge in [0.15, 0.2) is 0 Å². The van der Waals surface area contributed by atoms with Gasteiger partial charge in [-0.1, -0.05) is 29.8 Å². The Morgan fingerprint density at radius 3 is 2.35 bits per heavy atom. The molecule has 0 saturated carbocycles. The summed E-state index contributed by atoms with van der Waals surface area (Å²) in [6.45, 7) is 1.76. The SMILES string of the molecule is COc1ccc(N2C(=O)C(Cl)=C(Nc3cc(C(=O)Nc4ccccc4F)ccc3C)C2=O)cc1. The first-order chi connectivity index (χ1) is 16.3. The van der Waals surface area contributed by atoms with Crippen LogP contribution in [-0.2, 0) is 9.59 Å². The van der Waals surface area contributed by atoms with Crippen molar-refractivity contribution in [3.63, 3.8) is 0 Å². The molecule has 9 heteroatoms. The van der Waals surface area contributed by atoms with Gasteiger partial charge in [0.05, 0.1) is 18.5 Å². The van der Waals surface area contributed by atoms with Crippen LogP contribution in [0.25, 0.3) is 0 Å². The minimum atomic E-state index is -0.676. The third-order valence-corrected chi connectivity index (χ3v) is 5.59. The molecule has 7 nitrogen and oxygen atoms in total. The molecule has 3 amide bonds. The van der Waals surface area contributed by atoms with Crippen molar-refractivity contribution in [3.05, 3.63) is 94.4 Å². The van der Waals surface area contributed by atoms with Crippen LogP contribution in [0.15, 0.2) is 77.5 Å². The van der Waals surface area contributed by atoms with E-state index in [1.807, 2.05) is 0 Å². The van der Waals surface area contributed by atoms with Crippen LogP contribution in [0.4, 0.5) is 21.5 Å². The van der Waals surface area contributed by atoms with Crippen LogP contribution < -0.4 is 20.3 Å². The Hall–Kier alpha value is -4.17. The van der Waals surface area contributed by atoms with Gasteiger partial charge in [-0.3, -0.25) is 14.4 Å². The first kappa shape index (κ1) is 23.0. The van der Waals surface area contributed by atoms with E-state index in [0.717, 1.165) is 4.90 Å². The zero-order valence-corrected chi connectivity index (χ0v) is 18.9. The van der Waals surface area contributed by atoms with E-state index in [1.54, 1.807) is 49.4 Å². The van der Waals surface area contributed by atoms with Crippen molar-refractivity contribution >= 4 is 46.4 Å². The molecule has 0 radical (unpaired) electrons. The molecule has 0 aromatic heterocycles. The van der Waals surface area contributed by atoms with Crippen LogP contribution in [0, 0.1) is 12.7 Å². The molecule has 2 N–H and O–H groups in total. The predicted octanol–water partition coefficient (Wildman–Crippen LogP) is 4.83. The molecule has 0 spiro atoms.